The number of benzene rings is 1. The van der Waals surface area contributed by atoms with Gasteiger partial charge < -0.3 is 5.11 Å². The van der Waals surface area contributed by atoms with Crippen LogP contribution in [0.1, 0.15) is 36.5 Å². The monoisotopic (exact) mass is 287 g/mol. The Kier molecular flexibility index (Phi) is 4.51. The molecule has 1 aliphatic heterocycles. The van der Waals surface area contributed by atoms with Crippen LogP contribution in [0.2, 0.25) is 0 Å². The lowest BCUT2D eigenvalue weighted by atomic mass is 10.0. The van der Waals surface area contributed by atoms with Crippen molar-refractivity contribution < 1.29 is 5.11 Å². The van der Waals surface area contributed by atoms with Crippen molar-refractivity contribution in [3.05, 3.63) is 58.3 Å². The second-order valence-electron chi connectivity index (χ2n) is 5.56. The van der Waals surface area contributed by atoms with Crippen LogP contribution in [-0.4, -0.2) is 22.6 Å². The summed E-state index contributed by atoms with van der Waals surface area (Å²) in [6, 6.07) is 12.7. The molecule has 1 N–H and O–H groups in total. The van der Waals surface area contributed by atoms with Crippen LogP contribution >= 0.6 is 11.3 Å². The first-order chi connectivity index (χ1) is 9.83. The summed E-state index contributed by atoms with van der Waals surface area (Å²) in [4.78, 5) is 2.52. The molecule has 0 spiro atoms. The highest BCUT2D eigenvalue weighted by Gasteiger charge is 2.27. The smallest absolute Gasteiger partial charge is 0.0805 e. The zero-order valence-electron chi connectivity index (χ0n) is 11.6. The van der Waals surface area contributed by atoms with Crippen LogP contribution in [-0.2, 0) is 6.54 Å². The van der Waals surface area contributed by atoms with Gasteiger partial charge in [-0.25, -0.2) is 0 Å². The number of hydrogen-bond donors (Lipinski definition) is 1. The topological polar surface area (TPSA) is 23.5 Å². The number of aliphatic hydroxyl groups is 1. The van der Waals surface area contributed by atoms with Gasteiger partial charge in [-0.3, -0.25) is 4.90 Å². The van der Waals surface area contributed by atoms with Crippen molar-refractivity contribution in [1.29, 1.82) is 0 Å². The van der Waals surface area contributed by atoms with E-state index in [0.717, 1.165) is 25.1 Å². The summed E-state index contributed by atoms with van der Waals surface area (Å²) in [5, 5.41) is 14.8. The van der Waals surface area contributed by atoms with Gasteiger partial charge in [0.15, 0.2) is 0 Å². The molecule has 0 radical (unpaired) electrons. The highest BCUT2D eigenvalue weighted by atomic mass is 32.1. The summed E-state index contributed by atoms with van der Waals surface area (Å²) >= 11 is 1.76. The average molecular weight is 287 g/mol. The summed E-state index contributed by atoms with van der Waals surface area (Å²) in [7, 11) is 0. The molecule has 1 aromatic carbocycles. The minimum absolute atomic E-state index is 0.343. The fourth-order valence-corrected chi connectivity index (χ4v) is 3.72. The van der Waals surface area contributed by atoms with Crippen molar-refractivity contribution in [2.75, 3.05) is 6.54 Å². The molecule has 2 nitrogen and oxygen atoms in total. The lowest BCUT2D eigenvalue weighted by molar-refractivity contribution is 0.118. The van der Waals surface area contributed by atoms with Crippen molar-refractivity contribution in [1.82, 2.24) is 4.90 Å². The Bertz CT molecular complexity index is 511. The second-order valence-corrected chi connectivity index (χ2v) is 6.34. The molecule has 0 bridgehead atoms. The Morgan fingerprint density at radius 3 is 2.85 bits per heavy atom. The van der Waals surface area contributed by atoms with Crippen LogP contribution in [0.5, 0.6) is 0 Å². The summed E-state index contributed by atoms with van der Waals surface area (Å²) in [6.45, 7) is 2.18. The van der Waals surface area contributed by atoms with Crippen LogP contribution in [0.4, 0.5) is 0 Å². The number of nitrogens with zero attached hydrogens (tertiary/aromatic N) is 1. The SMILES string of the molecule is OC(CC1CCCN1Cc1ccsc1)c1ccccc1. The van der Waals surface area contributed by atoms with Crippen molar-refractivity contribution in [2.45, 2.75) is 38.0 Å². The maximum absolute atomic E-state index is 10.4. The van der Waals surface area contributed by atoms with Crippen LogP contribution in [0.3, 0.4) is 0 Å². The fraction of sp³-hybridized carbons (Fsp3) is 0.412. The van der Waals surface area contributed by atoms with E-state index in [2.05, 4.69) is 21.7 Å². The highest BCUT2D eigenvalue weighted by Crippen LogP contribution is 2.28. The Balaban J connectivity index is 1.61. The van der Waals surface area contributed by atoms with Gasteiger partial charge in [0.05, 0.1) is 6.10 Å². The largest absolute Gasteiger partial charge is 0.388 e. The maximum atomic E-state index is 10.4. The molecule has 1 fully saturated rings. The molecule has 0 saturated carbocycles. The van der Waals surface area contributed by atoms with Crippen molar-refractivity contribution >= 4 is 11.3 Å². The first-order valence-corrected chi connectivity index (χ1v) is 8.25. The number of thiophene rings is 1. The number of aliphatic hydroxyl groups excluding tert-OH is 1. The molecule has 1 aromatic heterocycles. The molecule has 3 heteroatoms. The van der Waals surface area contributed by atoms with E-state index in [0.29, 0.717) is 6.04 Å². The van der Waals surface area contributed by atoms with Crippen molar-refractivity contribution in [3.63, 3.8) is 0 Å². The van der Waals surface area contributed by atoms with Crippen LogP contribution in [0, 0.1) is 0 Å². The van der Waals surface area contributed by atoms with Crippen molar-refractivity contribution in [3.8, 4) is 0 Å². The van der Waals surface area contributed by atoms with Crippen LogP contribution < -0.4 is 0 Å². The predicted molar refractivity (Wildman–Crippen MR) is 83.8 cm³/mol. The first kappa shape index (κ1) is 13.8. The molecule has 20 heavy (non-hydrogen) atoms. The van der Waals surface area contributed by atoms with Crippen molar-refractivity contribution in [2.24, 2.45) is 0 Å². The number of likely N-dealkylation sites (tertiary alicyclic amines) is 1. The van der Waals surface area contributed by atoms with E-state index in [1.165, 1.54) is 18.4 Å². The Morgan fingerprint density at radius 1 is 1.25 bits per heavy atom. The second kappa shape index (κ2) is 6.53. The Morgan fingerprint density at radius 2 is 2.10 bits per heavy atom. The molecule has 2 aromatic rings. The van der Waals surface area contributed by atoms with E-state index in [1.54, 1.807) is 11.3 Å². The zero-order chi connectivity index (χ0) is 13.8. The van der Waals surface area contributed by atoms with Gasteiger partial charge in [0.1, 0.15) is 0 Å². The molecule has 0 amide bonds. The third kappa shape index (κ3) is 3.29. The van der Waals surface area contributed by atoms with E-state index in [9.17, 15) is 5.11 Å². The normalized spacial score (nSPS) is 21.1. The zero-order valence-corrected chi connectivity index (χ0v) is 12.4. The molecule has 1 aliphatic rings. The molecule has 1 saturated heterocycles. The molecular formula is C17H21NOS. The predicted octanol–water partition coefficient (Wildman–Crippen LogP) is 3.84. The van der Waals surface area contributed by atoms with E-state index in [4.69, 9.17) is 0 Å². The minimum atomic E-state index is -0.343. The molecule has 2 heterocycles. The lowest BCUT2D eigenvalue weighted by Gasteiger charge is -2.26. The molecule has 2 unspecified atom stereocenters. The average Bonchev–Trinajstić information content (AvgIpc) is 3.13. The van der Waals surface area contributed by atoms with E-state index >= 15 is 0 Å². The van der Waals surface area contributed by atoms with Gasteiger partial charge in [-0.2, -0.15) is 11.3 Å². The van der Waals surface area contributed by atoms with Gasteiger partial charge in [0.25, 0.3) is 0 Å². The summed E-state index contributed by atoms with van der Waals surface area (Å²) in [6.07, 6.45) is 2.95. The van der Waals surface area contributed by atoms with E-state index in [1.807, 2.05) is 30.3 Å². The number of rotatable bonds is 5. The summed E-state index contributed by atoms with van der Waals surface area (Å²) in [5.41, 5.74) is 2.44. The lowest BCUT2D eigenvalue weighted by Crippen LogP contribution is -2.30. The van der Waals surface area contributed by atoms with E-state index in [-0.39, 0.29) is 6.10 Å². The highest BCUT2D eigenvalue weighted by molar-refractivity contribution is 7.07. The van der Waals surface area contributed by atoms with Gasteiger partial charge in [-0.15, -0.1) is 0 Å². The van der Waals surface area contributed by atoms with Crippen LogP contribution in [0.25, 0.3) is 0 Å². The van der Waals surface area contributed by atoms with Gasteiger partial charge in [0.2, 0.25) is 0 Å². The molecule has 0 aliphatic carbocycles. The van der Waals surface area contributed by atoms with Gasteiger partial charge >= 0.3 is 0 Å². The fourth-order valence-electron chi connectivity index (χ4n) is 3.06. The third-order valence-electron chi connectivity index (χ3n) is 4.14. The minimum Gasteiger partial charge on any atom is -0.388 e. The molecule has 106 valence electrons. The van der Waals surface area contributed by atoms with Gasteiger partial charge in [0, 0.05) is 12.6 Å². The Labute approximate surface area is 124 Å². The van der Waals surface area contributed by atoms with Crippen LogP contribution in [0.15, 0.2) is 47.2 Å². The molecular weight excluding hydrogens is 266 g/mol. The quantitative estimate of drug-likeness (QED) is 0.903. The maximum Gasteiger partial charge on any atom is 0.0805 e. The first-order valence-electron chi connectivity index (χ1n) is 7.31. The third-order valence-corrected chi connectivity index (χ3v) is 4.88. The van der Waals surface area contributed by atoms with Gasteiger partial charge in [-0.1, -0.05) is 30.3 Å². The van der Waals surface area contributed by atoms with E-state index < -0.39 is 0 Å². The standard InChI is InChI=1S/C17H21NOS/c19-17(15-5-2-1-3-6-15)11-16-7-4-9-18(16)12-14-8-10-20-13-14/h1-3,5-6,8,10,13,16-17,19H,4,7,9,11-12H2. The molecule has 2 atom stereocenters. The number of hydrogen-bond acceptors (Lipinski definition) is 3. The summed E-state index contributed by atoms with van der Waals surface area (Å²) in [5.74, 6) is 0. The van der Waals surface area contributed by atoms with Gasteiger partial charge in [-0.05, 0) is 53.8 Å². The molecule has 3 rings (SSSR count). The Hall–Kier alpha value is -1.16. The summed E-state index contributed by atoms with van der Waals surface area (Å²) < 4.78 is 0.